The van der Waals surface area contributed by atoms with Crippen molar-refractivity contribution in [1.29, 1.82) is 0 Å². The van der Waals surface area contributed by atoms with Gasteiger partial charge in [0.1, 0.15) is 5.56 Å². The summed E-state index contributed by atoms with van der Waals surface area (Å²) >= 11 is 3.15. The number of benzene rings is 1. The monoisotopic (exact) mass is 269 g/mol. The van der Waals surface area contributed by atoms with Crippen LogP contribution in [0.1, 0.15) is 12.0 Å². The average Bonchev–Trinajstić information content (AvgIpc) is 2.20. The number of aliphatic hydroxyl groups is 1. The number of halogens is 1. The van der Waals surface area contributed by atoms with Gasteiger partial charge in [-0.3, -0.25) is 10.1 Å². The Kier molecular flexibility index (Phi) is 4.28. The fourth-order valence-corrected chi connectivity index (χ4v) is 1.32. The number of hydrogen-bond acceptors (Lipinski definition) is 3. The zero-order chi connectivity index (χ0) is 11.3. The van der Waals surface area contributed by atoms with Gasteiger partial charge in [-0.1, -0.05) is 27.8 Å². The van der Waals surface area contributed by atoms with Crippen molar-refractivity contribution < 1.29 is 10.0 Å². The average molecular weight is 270 g/mol. The highest BCUT2D eigenvalue weighted by Crippen LogP contribution is 2.22. The van der Waals surface area contributed by atoms with E-state index >= 15 is 0 Å². The van der Waals surface area contributed by atoms with E-state index in [1.807, 2.05) is 0 Å². The highest BCUT2D eigenvalue weighted by Gasteiger charge is 2.11. The minimum Gasteiger partial charge on any atom is -0.395 e. The lowest BCUT2D eigenvalue weighted by molar-refractivity contribution is -0.385. The molecule has 0 amide bonds. The molecule has 0 radical (unpaired) electrons. The first kappa shape index (κ1) is 11.7. The summed E-state index contributed by atoms with van der Waals surface area (Å²) in [5.74, 6) is 5.30. The van der Waals surface area contributed by atoms with E-state index in [0.717, 1.165) is 0 Å². The normalized spacial score (nSPS) is 9.20. The number of rotatable bonds is 2. The largest absolute Gasteiger partial charge is 0.395 e. The number of nitro benzene ring substituents is 1. The van der Waals surface area contributed by atoms with Gasteiger partial charge in [-0.05, 0) is 12.1 Å². The van der Waals surface area contributed by atoms with Crippen molar-refractivity contribution in [2.24, 2.45) is 0 Å². The first-order valence-corrected chi connectivity index (χ1v) is 4.98. The van der Waals surface area contributed by atoms with Gasteiger partial charge in [0, 0.05) is 17.0 Å². The zero-order valence-electron chi connectivity index (χ0n) is 7.74. The van der Waals surface area contributed by atoms with Crippen LogP contribution in [0.5, 0.6) is 0 Å². The van der Waals surface area contributed by atoms with Gasteiger partial charge in [0.15, 0.2) is 0 Å². The van der Waals surface area contributed by atoms with E-state index < -0.39 is 4.92 Å². The Labute approximate surface area is 95.2 Å². The molecule has 0 heterocycles. The van der Waals surface area contributed by atoms with Gasteiger partial charge in [-0.15, -0.1) is 0 Å². The highest BCUT2D eigenvalue weighted by atomic mass is 79.9. The topological polar surface area (TPSA) is 63.4 Å². The third-order valence-corrected chi connectivity index (χ3v) is 2.11. The molecule has 0 atom stereocenters. The molecule has 0 unspecified atom stereocenters. The molecule has 1 aromatic carbocycles. The molecule has 0 aromatic heterocycles. The molecule has 1 N–H and O–H groups in total. The lowest BCUT2D eigenvalue weighted by atomic mass is 10.2. The Hall–Kier alpha value is -1.38. The van der Waals surface area contributed by atoms with Crippen molar-refractivity contribution in [3.05, 3.63) is 38.3 Å². The summed E-state index contributed by atoms with van der Waals surface area (Å²) in [4.78, 5) is 10.2. The minimum atomic E-state index is -0.478. The van der Waals surface area contributed by atoms with Gasteiger partial charge < -0.3 is 5.11 Å². The molecular formula is C10H8BrNO3. The summed E-state index contributed by atoms with van der Waals surface area (Å²) in [5.41, 5.74) is 0.325. The first-order chi connectivity index (χ1) is 7.15. The number of aliphatic hydroxyl groups excluding tert-OH is 1. The first-order valence-electron chi connectivity index (χ1n) is 4.19. The summed E-state index contributed by atoms with van der Waals surface area (Å²) in [6, 6.07) is 4.67. The predicted octanol–water partition coefficient (Wildman–Crippen LogP) is 2.09. The second-order valence-electron chi connectivity index (χ2n) is 2.69. The Balaban J connectivity index is 3.08. The fraction of sp³-hybridized carbons (Fsp3) is 0.200. The maximum absolute atomic E-state index is 10.7. The summed E-state index contributed by atoms with van der Waals surface area (Å²) in [7, 11) is 0. The van der Waals surface area contributed by atoms with Crippen LogP contribution in [0.2, 0.25) is 0 Å². The molecule has 0 saturated carbocycles. The van der Waals surface area contributed by atoms with Gasteiger partial charge in [-0.2, -0.15) is 0 Å². The van der Waals surface area contributed by atoms with E-state index in [2.05, 4.69) is 27.8 Å². The second kappa shape index (κ2) is 5.49. The lowest BCUT2D eigenvalue weighted by Crippen LogP contribution is -1.92. The number of hydrogen-bond donors (Lipinski definition) is 1. The van der Waals surface area contributed by atoms with E-state index in [0.29, 0.717) is 16.5 Å². The maximum atomic E-state index is 10.7. The number of nitrogens with zero attached hydrogens (tertiary/aromatic N) is 1. The van der Waals surface area contributed by atoms with Crippen LogP contribution in [0.25, 0.3) is 0 Å². The van der Waals surface area contributed by atoms with Crippen molar-refractivity contribution in [2.45, 2.75) is 6.42 Å². The smallest absolute Gasteiger partial charge is 0.286 e. The molecule has 0 bridgehead atoms. The molecule has 0 fully saturated rings. The van der Waals surface area contributed by atoms with Gasteiger partial charge in [0.2, 0.25) is 0 Å². The van der Waals surface area contributed by atoms with Crippen LogP contribution in [0.15, 0.2) is 22.7 Å². The third kappa shape index (κ3) is 3.35. The standard InChI is InChI=1S/C10H8BrNO3/c11-9-5-4-8(3-1-2-6-13)10(7-9)12(14)15/h4-5,7,13H,2,6H2. The van der Waals surface area contributed by atoms with Crippen LogP contribution in [0.4, 0.5) is 5.69 Å². The molecule has 78 valence electrons. The van der Waals surface area contributed by atoms with E-state index in [1.165, 1.54) is 6.07 Å². The van der Waals surface area contributed by atoms with Crippen molar-refractivity contribution >= 4 is 21.6 Å². The van der Waals surface area contributed by atoms with E-state index in [9.17, 15) is 10.1 Å². The lowest BCUT2D eigenvalue weighted by Gasteiger charge is -1.95. The number of nitro groups is 1. The molecular weight excluding hydrogens is 262 g/mol. The van der Waals surface area contributed by atoms with Crippen molar-refractivity contribution in [1.82, 2.24) is 0 Å². The summed E-state index contributed by atoms with van der Waals surface area (Å²) in [6.07, 6.45) is 0.313. The van der Waals surface area contributed by atoms with Crippen molar-refractivity contribution in [2.75, 3.05) is 6.61 Å². The van der Waals surface area contributed by atoms with Gasteiger partial charge >= 0.3 is 0 Å². The Bertz CT molecular complexity index is 434. The van der Waals surface area contributed by atoms with E-state index in [-0.39, 0.29) is 12.3 Å². The molecule has 15 heavy (non-hydrogen) atoms. The van der Waals surface area contributed by atoms with Crippen LogP contribution in [0.3, 0.4) is 0 Å². The quantitative estimate of drug-likeness (QED) is 0.508. The molecule has 4 nitrogen and oxygen atoms in total. The van der Waals surface area contributed by atoms with Crippen LogP contribution in [-0.2, 0) is 0 Å². The molecule has 1 rings (SSSR count). The van der Waals surface area contributed by atoms with Crippen LogP contribution < -0.4 is 0 Å². The van der Waals surface area contributed by atoms with Gasteiger partial charge in [0.25, 0.3) is 5.69 Å². The molecule has 0 saturated heterocycles. The maximum Gasteiger partial charge on any atom is 0.286 e. The molecule has 0 aliphatic rings. The summed E-state index contributed by atoms with van der Waals surface area (Å²) in [5, 5.41) is 19.2. The fourth-order valence-electron chi connectivity index (χ4n) is 0.975. The Morgan fingerprint density at radius 2 is 2.27 bits per heavy atom. The van der Waals surface area contributed by atoms with Crippen LogP contribution >= 0.6 is 15.9 Å². The van der Waals surface area contributed by atoms with Crippen molar-refractivity contribution in [3.63, 3.8) is 0 Å². The predicted molar refractivity (Wildman–Crippen MR) is 59.4 cm³/mol. The second-order valence-corrected chi connectivity index (χ2v) is 3.61. The molecule has 1 aromatic rings. The summed E-state index contributed by atoms with van der Waals surface area (Å²) in [6.45, 7) is -0.0443. The summed E-state index contributed by atoms with van der Waals surface area (Å²) < 4.78 is 0.641. The Morgan fingerprint density at radius 1 is 1.53 bits per heavy atom. The SMILES string of the molecule is O=[N+]([O-])c1cc(Br)ccc1C#CCCO. The van der Waals surface area contributed by atoms with Crippen LogP contribution in [0, 0.1) is 22.0 Å². The molecule has 5 heteroatoms. The Morgan fingerprint density at radius 3 is 2.87 bits per heavy atom. The van der Waals surface area contributed by atoms with Crippen molar-refractivity contribution in [3.8, 4) is 11.8 Å². The third-order valence-electron chi connectivity index (χ3n) is 1.62. The molecule has 0 aliphatic carbocycles. The molecule has 0 spiro atoms. The van der Waals surface area contributed by atoms with E-state index in [4.69, 9.17) is 5.11 Å². The van der Waals surface area contributed by atoms with Gasteiger partial charge in [0.05, 0.1) is 11.5 Å². The molecule has 0 aliphatic heterocycles. The zero-order valence-corrected chi connectivity index (χ0v) is 9.32. The van der Waals surface area contributed by atoms with E-state index in [1.54, 1.807) is 12.1 Å². The van der Waals surface area contributed by atoms with Crippen LogP contribution in [-0.4, -0.2) is 16.6 Å². The van der Waals surface area contributed by atoms with Gasteiger partial charge in [-0.25, -0.2) is 0 Å². The highest BCUT2D eigenvalue weighted by molar-refractivity contribution is 9.10. The minimum absolute atomic E-state index is 0.0326.